The molecule has 0 bridgehead atoms. The van der Waals surface area contributed by atoms with Gasteiger partial charge in [-0.05, 0) is 12.0 Å². The van der Waals surface area contributed by atoms with Crippen LogP contribution in [0, 0.1) is 11.3 Å². The van der Waals surface area contributed by atoms with Gasteiger partial charge < -0.3 is 0 Å². The van der Waals surface area contributed by atoms with Gasteiger partial charge in [0.05, 0.1) is 0 Å². The van der Waals surface area contributed by atoms with E-state index in [0.717, 1.165) is 11.3 Å². The van der Waals surface area contributed by atoms with Gasteiger partial charge in [-0.25, -0.2) is 0 Å². The van der Waals surface area contributed by atoms with Crippen molar-refractivity contribution < 1.29 is 9.59 Å². The van der Waals surface area contributed by atoms with Gasteiger partial charge in [0.15, 0.2) is 0 Å². The Morgan fingerprint density at radius 1 is 1.41 bits per heavy atom. The van der Waals surface area contributed by atoms with Crippen LogP contribution in [0.5, 0.6) is 0 Å². The molecule has 0 aromatic carbocycles. The van der Waals surface area contributed by atoms with Crippen LogP contribution in [-0.4, -0.2) is 23.3 Å². The lowest BCUT2D eigenvalue weighted by Crippen LogP contribution is -2.42. The van der Waals surface area contributed by atoms with Crippen LogP contribution in [0.15, 0.2) is 36.0 Å². The number of hydrogen-bond donors (Lipinski definition) is 0. The topological polar surface area (TPSA) is 61.2 Å². The zero-order valence-corrected chi connectivity index (χ0v) is 9.82. The molecule has 4 nitrogen and oxygen atoms in total. The van der Waals surface area contributed by atoms with E-state index in [-0.39, 0.29) is 17.7 Å². The van der Waals surface area contributed by atoms with Crippen molar-refractivity contribution in [3.8, 4) is 6.07 Å². The molecule has 0 unspecified atom stereocenters. The van der Waals surface area contributed by atoms with Crippen LogP contribution >= 0.6 is 0 Å². The summed E-state index contributed by atoms with van der Waals surface area (Å²) < 4.78 is 0. The zero-order valence-electron chi connectivity index (χ0n) is 9.82. The molecule has 0 spiro atoms. The van der Waals surface area contributed by atoms with E-state index in [0.29, 0.717) is 12.0 Å². The van der Waals surface area contributed by atoms with Crippen LogP contribution in [0.1, 0.15) is 19.8 Å². The Morgan fingerprint density at radius 3 is 2.53 bits per heavy atom. The van der Waals surface area contributed by atoms with Gasteiger partial charge in [0.1, 0.15) is 11.6 Å². The van der Waals surface area contributed by atoms with Gasteiger partial charge in [-0.1, -0.05) is 26.0 Å². The van der Waals surface area contributed by atoms with Crippen molar-refractivity contribution in [2.75, 3.05) is 6.54 Å². The first-order valence-electron chi connectivity index (χ1n) is 5.38. The Balaban J connectivity index is 3.28. The fourth-order valence-electron chi connectivity index (χ4n) is 1.74. The van der Waals surface area contributed by atoms with E-state index >= 15 is 0 Å². The number of hydrogen-bond acceptors (Lipinski definition) is 3. The molecule has 0 aliphatic carbocycles. The van der Waals surface area contributed by atoms with Gasteiger partial charge in [0.25, 0.3) is 11.8 Å². The van der Waals surface area contributed by atoms with Crippen molar-refractivity contribution in [3.63, 3.8) is 0 Å². The summed E-state index contributed by atoms with van der Waals surface area (Å²) in [5.74, 6) is -0.981. The highest BCUT2D eigenvalue weighted by molar-refractivity contribution is 6.18. The normalized spacial score (nSPS) is 16.2. The van der Waals surface area contributed by atoms with Crippen molar-refractivity contribution in [2.45, 2.75) is 19.8 Å². The Morgan fingerprint density at radius 2 is 2.06 bits per heavy atom. The third kappa shape index (κ3) is 2.18. The molecule has 1 heterocycles. The third-order valence-corrected chi connectivity index (χ3v) is 2.55. The molecule has 0 aromatic heterocycles. The lowest BCUT2D eigenvalue weighted by atomic mass is 9.92. The van der Waals surface area contributed by atoms with E-state index in [1.165, 1.54) is 6.08 Å². The maximum Gasteiger partial charge on any atom is 0.271 e. The Kier molecular flexibility index (Phi) is 4.00. The summed E-state index contributed by atoms with van der Waals surface area (Å²) >= 11 is 0. The number of amides is 2. The molecule has 0 N–H and O–H groups in total. The molecule has 0 fully saturated rings. The molecule has 0 atom stereocenters. The molecule has 0 radical (unpaired) electrons. The van der Waals surface area contributed by atoms with Gasteiger partial charge in [-0.15, -0.1) is 6.58 Å². The first-order valence-corrected chi connectivity index (χ1v) is 5.38. The van der Waals surface area contributed by atoms with E-state index < -0.39 is 11.8 Å². The number of imide groups is 1. The smallest absolute Gasteiger partial charge is 0.270 e. The van der Waals surface area contributed by atoms with Crippen LogP contribution in [-0.2, 0) is 9.59 Å². The predicted molar refractivity (Wildman–Crippen MR) is 63.6 cm³/mol. The maximum absolute atomic E-state index is 11.9. The number of nitriles is 1. The molecule has 88 valence electrons. The van der Waals surface area contributed by atoms with Crippen molar-refractivity contribution in [1.82, 2.24) is 4.90 Å². The van der Waals surface area contributed by atoms with Crippen LogP contribution in [0.4, 0.5) is 0 Å². The molecule has 4 heteroatoms. The number of rotatable bonds is 4. The highest BCUT2D eigenvalue weighted by atomic mass is 16.2. The molecule has 1 aliphatic heterocycles. The molecule has 2 amide bonds. The summed E-state index contributed by atoms with van der Waals surface area (Å²) in [4.78, 5) is 24.8. The quantitative estimate of drug-likeness (QED) is 0.419. The van der Waals surface area contributed by atoms with E-state index in [1.54, 1.807) is 0 Å². The highest BCUT2D eigenvalue weighted by Crippen LogP contribution is 2.27. The summed E-state index contributed by atoms with van der Waals surface area (Å²) in [6.07, 6.45) is 2.71. The molecule has 1 rings (SSSR count). The second-order valence-electron chi connectivity index (χ2n) is 3.70. The molecular formula is C13H14N2O2. The Hall–Kier alpha value is -2.15. The number of nitrogens with zero attached hydrogens (tertiary/aromatic N) is 2. The molecular weight excluding hydrogens is 216 g/mol. The minimum absolute atomic E-state index is 0.0262. The standard InChI is InChI=1S/C13H14N2O2/c1-4-6-10-9(3)12(16)15(7-5-2)13(17)11(10)8-14/h5H,2-4,6-7H2,1H3. The molecule has 0 saturated carbocycles. The maximum atomic E-state index is 11.9. The first kappa shape index (κ1) is 12.9. The highest BCUT2D eigenvalue weighted by Gasteiger charge is 2.34. The SMILES string of the molecule is C=CCN1C(=O)C(=C)C(CCC)=C(C#N)C1=O. The van der Waals surface area contributed by atoms with E-state index in [9.17, 15) is 9.59 Å². The average molecular weight is 230 g/mol. The first-order chi connectivity index (χ1) is 8.08. The second kappa shape index (κ2) is 5.26. The summed E-state index contributed by atoms with van der Waals surface area (Å²) in [5, 5.41) is 9.01. The second-order valence-corrected chi connectivity index (χ2v) is 3.70. The van der Waals surface area contributed by atoms with E-state index in [4.69, 9.17) is 5.26 Å². The predicted octanol–water partition coefficient (Wildman–Crippen LogP) is 1.72. The minimum atomic E-state index is -0.548. The molecule has 0 saturated heterocycles. The molecule has 17 heavy (non-hydrogen) atoms. The summed E-state index contributed by atoms with van der Waals surface area (Å²) in [6.45, 7) is 9.17. The Labute approximate surface area is 101 Å². The minimum Gasteiger partial charge on any atom is -0.270 e. The number of carbonyl (C=O) groups excluding carboxylic acids is 2. The van der Waals surface area contributed by atoms with Crippen molar-refractivity contribution in [1.29, 1.82) is 5.26 Å². The summed E-state index contributed by atoms with van der Waals surface area (Å²) in [7, 11) is 0. The van der Waals surface area contributed by atoms with E-state index in [1.807, 2.05) is 13.0 Å². The summed E-state index contributed by atoms with van der Waals surface area (Å²) in [5.41, 5.74) is 0.744. The summed E-state index contributed by atoms with van der Waals surface area (Å²) in [6, 6.07) is 1.87. The van der Waals surface area contributed by atoms with Gasteiger partial charge in [0, 0.05) is 12.1 Å². The fraction of sp³-hybridized carbons (Fsp3) is 0.308. The average Bonchev–Trinajstić information content (AvgIpc) is 2.32. The van der Waals surface area contributed by atoms with Crippen LogP contribution in [0.2, 0.25) is 0 Å². The lowest BCUT2D eigenvalue weighted by Gasteiger charge is -2.26. The van der Waals surface area contributed by atoms with Crippen LogP contribution in [0.25, 0.3) is 0 Å². The fourth-order valence-corrected chi connectivity index (χ4v) is 1.74. The van der Waals surface area contributed by atoms with Crippen molar-refractivity contribution >= 4 is 11.8 Å². The van der Waals surface area contributed by atoms with Crippen LogP contribution < -0.4 is 0 Å². The van der Waals surface area contributed by atoms with E-state index in [2.05, 4.69) is 13.2 Å². The zero-order chi connectivity index (χ0) is 13.0. The van der Waals surface area contributed by atoms with Gasteiger partial charge in [-0.2, -0.15) is 5.26 Å². The van der Waals surface area contributed by atoms with Crippen molar-refractivity contribution in [3.05, 3.63) is 36.0 Å². The van der Waals surface area contributed by atoms with Gasteiger partial charge in [-0.3, -0.25) is 14.5 Å². The van der Waals surface area contributed by atoms with Crippen LogP contribution in [0.3, 0.4) is 0 Å². The van der Waals surface area contributed by atoms with Gasteiger partial charge >= 0.3 is 0 Å². The number of carbonyl (C=O) groups is 2. The lowest BCUT2D eigenvalue weighted by molar-refractivity contribution is -0.139. The Bertz CT molecular complexity index is 466. The van der Waals surface area contributed by atoms with Gasteiger partial charge in [0.2, 0.25) is 0 Å². The largest absolute Gasteiger partial charge is 0.271 e. The molecule has 0 aromatic rings. The third-order valence-electron chi connectivity index (χ3n) is 2.55. The monoisotopic (exact) mass is 230 g/mol. The molecule has 1 aliphatic rings. The van der Waals surface area contributed by atoms with Crippen molar-refractivity contribution in [2.24, 2.45) is 0 Å².